The average molecular weight is 708 g/mol. The van der Waals surface area contributed by atoms with Gasteiger partial charge >= 0.3 is 5.91 Å². The van der Waals surface area contributed by atoms with E-state index in [9.17, 15) is 14.7 Å². The van der Waals surface area contributed by atoms with Crippen LogP contribution < -0.4 is 19.1 Å². The third-order valence-electron chi connectivity index (χ3n) is 7.59. The molecule has 0 radical (unpaired) electrons. The number of rotatable bonds is 16. The van der Waals surface area contributed by atoms with Crippen molar-refractivity contribution >= 4 is 57.3 Å². The molecule has 252 valence electrons. The molecule has 5 rings (SSSR count). The number of aromatic nitrogens is 2. The molecule has 9 nitrogen and oxygen atoms in total. The molecule has 1 aliphatic rings. The Hall–Kier alpha value is -4.06. The van der Waals surface area contributed by atoms with Crippen LogP contribution >= 0.6 is 34.7 Å². The number of amides is 1. The molecule has 1 aromatic heterocycles. The van der Waals surface area contributed by atoms with Gasteiger partial charge in [0.05, 0.1) is 31.4 Å². The van der Waals surface area contributed by atoms with E-state index in [4.69, 9.17) is 25.8 Å². The number of carbonyl (C=O) groups excluding carboxylic acids is 2. The molecule has 1 fully saturated rings. The van der Waals surface area contributed by atoms with Gasteiger partial charge in [-0.15, -0.1) is 10.2 Å². The standard InChI is InChI=1S/C36H38ClN3O6S2/c1-4-7-19-45-26-16-13-23(14-17-26)32(41)30-31(24-15-18-28(46-20-8-5-2)29(21-24)44-6-3)40(34(43)33(30)42)35-38-39-36(48-35)47-22-25-11-9-10-12-27(25)37/h9-18,21,31,41H,4-8,19-20,22H2,1-3H3. The molecule has 48 heavy (non-hydrogen) atoms. The number of benzene rings is 3. The number of carbonyl (C=O) groups is 2. The van der Waals surface area contributed by atoms with Crippen molar-refractivity contribution in [3.8, 4) is 17.2 Å². The molecule has 0 spiro atoms. The zero-order valence-corrected chi connectivity index (χ0v) is 29.5. The lowest BCUT2D eigenvalue weighted by Crippen LogP contribution is -2.29. The highest BCUT2D eigenvalue weighted by Gasteiger charge is 2.48. The lowest BCUT2D eigenvalue weighted by atomic mass is 9.95. The van der Waals surface area contributed by atoms with Crippen molar-refractivity contribution in [3.05, 3.63) is 94.0 Å². The van der Waals surface area contributed by atoms with E-state index in [-0.39, 0.29) is 16.5 Å². The second-order valence-corrected chi connectivity index (χ2v) is 13.6. The van der Waals surface area contributed by atoms with Crippen molar-refractivity contribution in [2.75, 3.05) is 24.7 Å². The molecule has 1 amide bonds. The van der Waals surface area contributed by atoms with Crippen LogP contribution in [-0.2, 0) is 15.3 Å². The van der Waals surface area contributed by atoms with Crippen molar-refractivity contribution in [1.82, 2.24) is 10.2 Å². The Labute approximate surface area is 293 Å². The van der Waals surface area contributed by atoms with E-state index in [1.54, 1.807) is 42.5 Å². The first-order valence-electron chi connectivity index (χ1n) is 16.0. The van der Waals surface area contributed by atoms with Gasteiger partial charge in [-0.1, -0.05) is 85.7 Å². The van der Waals surface area contributed by atoms with Crippen LogP contribution in [0.1, 0.15) is 69.2 Å². The number of ether oxygens (including phenoxy) is 3. The summed E-state index contributed by atoms with van der Waals surface area (Å²) in [6.07, 6.45) is 3.78. The van der Waals surface area contributed by atoms with Crippen LogP contribution in [0.5, 0.6) is 17.2 Å². The summed E-state index contributed by atoms with van der Waals surface area (Å²) in [4.78, 5) is 28.9. The van der Waals surface area contributed by atoms with E-state index in [2.05, 4.69) is 24.0 Å². The molecule has 1 saturated heterocycles. The van der Waals surface area contributed by atoms with Gasteiger partial charge in [0.2, 0.25) is 5.13 Å². The Bertz CT molecular complexity index is 1760. The van der Waals surface area contributed by atoms with E-state index in [0.29, 0.717) is 63.3 Å². The minimum atomic E-state index is -1.01. The number of aliphatic hydroxyl groups is 1. The van der Waals surface area contributed by atoms with Crippen LogP contribution in [-0.4, -0.2) is 46.8 Å². The third kappa shape index (κ3) is 8.14. The first-order valence-corrected chi connectivity index (χ1v) is 18.2. The molecular weight excluding hydrogens is 670 g/mol. The van der Waals surface area contributed by atoms with Gasteiger partial charge in [-0.3, -0.25) is 14.5 Å². The molecule has 0 saturated carbocycles. The molecule has 1 N–H and O–H groups in total. The summed E-state index contributed by atoms with van der Waals surface area (Å²) >= 11 is 8.96. The zero-order chi connectivity index (χ0) is 34.0. The molecular formula is C36H38ClN3O6S2. The summed E-state index contributed by atoms with van der Waals surface area (Å²) in [5.41, 5.74) is 1.79. The molecule has 1 unspecified atom stereocenters. The number of nitrogens with zero attached hydrogens (tertiary/aromatic N) is 3. The fourth-order valence-electron chi connectivity index (χ4n) is 5.07. The Morgan fingerprint density at radius 1 is 0.917 bits per heavy atom. The maximum atomic E-state index is 13.8. The van der Waals surface area contributed by atoms with Crippen molar-refractivity contribution in [3.63, 3.8) is 0 Å². The van der Waals surface area contributed by atoms with Gasteiger partial charge in [0.25, 0.3) is 5.78 Å². The van der Waals surface area contributed by atoms with E-state index in [1.807, 2.05) is 31.2 Å². The highest BCUT2D eigenvalue weighted by atomic mass is 35.5. The number of ketones is 1. The van der Waals surface area contributed by atoms with E-state index in [0.717, 1.165) is 31.2 Å². The minimum absolute atomic E-state index is 0.0674. The van der Waals surface area contributed by atoms with Gasteiger partial charge in [0, 0.05) is 16.3 Å². The zero-order valence-electron chi connectivity index (χ0n) is 27.1. The summed E-state index contributed by atoms with van der Waals surface area (Å²) < 4.78 is 18.3. The Morgan fingerprint density at radius 2 is 1.65 bits per heavy atom. The molecule has 0 aliphatic carbocycles. The maximum absolute atomic E-state index is 13.8. The van der Waals surface area contributed by atoms with Crippen LogP contribution in [0.4, 0.5) is 5.13 Å². The van der Waals surface area contributed by atoms with Crippen molar-refractivity contribution in [1.29, 1.82) is 0 Å². The monoisotopic (exact) mass is 707 g/mol. The number of unbranched alkanes of at least 4 members (excludes halogenated alkanes) is 2. The van der Waals surface area contributed by atoms with Crippen LogP contribution in [0.25, 0.3) is 5.76 Å². The van der Waals surface area contributed by atoms with Crippen LogP contribution in [0.3, 0.4) is 0 Å². The highest BCUT2D eigenvalue weighted by molar-refractivity contribution is 8.00. The third-order valence-corrected chi connectivity index (χ3v) is 10.1. The minimum Gasteiger partial charge on any atom is -0.507 e. The molecule has 2 heterocycles. The number of aliphatic hydroxyl groups excluding tert-OH is 1. The number of Topliss-reactive ketones (excluding diaryl/α,β-unsaturated/α-hetero) is 1. The summed E-state index contributed by atoms with van der Waals surface area (Å²) in [5.74, 6) is 0.264. The lowest BCUT2D eigenvalue weighted by molar-refractivity contribution is -0.132. The van der Waals surface area contributed by atoms with E-state index < -0.39 is 17.7 Å². The number of hydrogen-bond donors (Lipinski definition) is 1. The average Bonchev–Trinajstić information content (AvgIpc) is 3.66. The molecule has 1 atom stereocenters. The van der Waals surface area contributed by atoms with Gasteiger partial charge in [-0.05, 0) is 73.4 Å². The van der Waals surface area contributed by atoms with Gasteiger partial charge in [0.1, 0.15) is 11.5 Å². The number of anilines is 1. The molecule has 1 aliphatic heterocycles. The summed E-state index contributed by atoms with van der Waals surface area (Å²) in [5, 5.41) is 21.2. The summed E-state index contributed by atoms with van der Waals surface area (Å²) in [6.45, 7) is 7.51. The van der Waals surface area contributed by atoms with Gasteiger partial charge in [0.15, 0.2) is 15.8 Å². The van der Waals surface area contributed by atoms with Crippen LogP contribution in [0.15, 0.2) is 76.6 Å². The normalized spacial score (nSPS) is 15.6. The van der Waals surface area contributed by atoms with Crippen LogP contribution in [0, 0.1) is 0 Å². The smallest absolute Gasteiger partial charge is 0.301 e. The van der Waals surface area contributed by atoms with Crippen molar-refractivity contribution in [2.45, 2.75) is 62.6 Å². The molecule has 12 heteroatoms. The first-order chi connectivity index (χ1) is 23.4. The fraction of sp³-hybridized carbons (Fsp3) is 0.333. The van der Waals surface area contributed by atoms with Crippen LogP contribution in [0.2, 0.25) is 5.02 Å². The number of halogens is 1. The van der Waals surface area contributed by atoms with Gasteiger partial charge in [-0.2, -0.15) is 0 Å². The van der Waals surface area contributed by atoms with E-state index >= 15 is 0 Å². The number of hydrogen-bond acceptors (Lipinski definition) is 10. The topological polar surface area (TPSA) is 111 Å². The quantitative estimate of drug-likeness (QED) is 0.0305. The van der Waals surface area contributed by atoms with Crippen molar-refractivity contribution in [2.24, 2.45) is 0 Å². The Balaban J connectivity index is 1.54. The first kappa shape index (κ1) is 35.3. The largest absolute Gasteiger partial charge is 0.507 e. The van der Waals surface area contributed by atoms with Gasteiger partial charge in [-0.25, -0.2) is 0 Å². The van der Waals surface area contributed by atoms with Crippen molar-refractivity contribution < 1.29 is 28.9 Å². The maximum Gasteiger partial charge on any atom is 0.301 e. The fourth-order valence-corrected chi connectivity index (χ4v) is 7.22. The second-order valence-electron chi connectivity index (χ2n) is 11.0. The molecule has 4 aromatic rings. The molecule has 3 aromatic carbocycles. The SMILES string of the molecule is CCCCOc1ccc(C(O)=C2C(=O)C(=O)N(c3nnc(SCc4ccccc4Cl)s3)C2c2ccc(OCCCC)c(OCC)c2)cc1. The summed E-state index contributed by atoms with van der Waals surface area (Å²) in [6, 6.07) is 18.6. The Kier molecular flexibility index (Phi) is 12.4. The highest BCUT2D eigenvalue weighted by Crippen LogP contribution is 2.46. The second kappa shape index (κ2) is 16.9. The number of thioether (sulfide) groups is 1. The summed E-state index contributed by atoms with van der Waals surface area (Å²) in [7, 11) is 0. The molecule has 0 bridgehead atoms. The predicted octanol–water partition coefficient (Wildman–Crippen LogP) is 8.87. The van der Waals surface area contributed by atoms with Gasteiger partial charge < -0.3 is 19.3 Å². The predicted molar refractivity (Wildman–Crippen MR) is 191 cm³/mol. The van der Waals surface area contributed by atoms with E-state index in [1.165, 1.54) is 28.0 Å². The Morgan fingerprint density at radius 3 is 2.35 bits per heavy atom. The lowest BCUT2D eigenvalue weighted by Gasteiger charge is -2.23.